The normalized spacial score (nSPS) is 21.6. The monoisotopic (exact) mass is 326 g/mol. The quantitative estimate of drug-likeness (QED) is 0.818. The van der Waals surface area contributed by atoms with E-state index in [-0.39, 0.29) is 0 Å². The van der Waals surface area contributed by atoms with Gasteiger partial charge in [0.05, 0.1) is 13.2 Å². The first-order chi connectivity index (χ1) is 11.9. The summed E-state index contributed by atoms with van der Waals surface area (Å²) >= 11 is 0. The van der Waals surface area contributed by atoms with Crippen molar-refractivity contribution in [1.29, 1.82) is 0 Å². The molecule has 0 bridgehead atoms. The highest BCUT2D eigenvalue weighted by molar-refractivity contribution is 5.14. The van der Waals surface area contributed by atoms with Crippen LogP contribution in [0.2, 0.25) is 0 Å². The Kier molecular flexibility index (Phi) is 4.90. The Morgan fingerprint density at radius 1 is 1.12 bits per heavy atom. The van der Waals surface area contributed by atoms with E-state index in [1.165, 1.54) is 31.5 Å². The molecule has 1 aromatic carbocycles. The Morgan fingerprint density at radius 2 is 1.96 bits per heavy atom. The van der Waals surface area contributed by atoms with Crippen LogP contribution in [0, 0.1) is 0 Å². The second kappa shape index (κ2) is 7.45. The van der Waals surface area contributed by atoms with E-state index >= 15 is 0 Å². The van der Waals surface area contributed by atoms with Gasteiger partial charge >= 0.3 is 0 Å². The fourth-order valence-electron chi connectivity index (χ4n) is 3.62. The highest BCUT2D eigenvalue weighted by atomic mass is 16.5. The van der Waals surface area contributed by atoms with Crippen molar-refractivity contribution in [1.82, 2.24) is 19.7 Å². The van der Waals surface area contributed by atoms with E-state index in [9.17, 15) is 0 Å². The first-order valence-corrected chi connectivity index (χ1v) is 9.16. The lowest BCUT2D eigenvalue weighted by atomic mass is 10.1. The first-order valence-electron chi connectivity index (χ1n) is 9.16. The summed E-state index contributed by atoms with van der Waals surface area (Å²) in [6.45, 7) is 5.81. The summed E-state index contributed by atoms with van der Waals surface area (Å²) in [5, 5.41) is 4.85. The molecule has 0 radical (unpaired) electrons. The molecule has 24 heavy (non-hydrogen) atoms. The molecule has 1 aromatic heterocycles. The molecule has 5 nitrogen and oxygen atoms in total. The molecular weight excluding hydrogens is 300 g/mol. The van der Waals surface area contributed by atoms with E-state index < -0.39 is 0 Å². The third-order valence-corrected chi connectivity index (χ3v) is 5.08. The summed E-state index contributed by atoms with van der Waals surface area (Å²) in [5.41, 5.74) is 1.35. The minimum atomic E-state index is 0.375. The van der Waals surface area contributed by atoms with Crippen molar-refractivity contribution in [2.45, 2.75) is 44.7 Å². The zero-order valence-electron chi connectivity index (χ0n) is 14.2. The first kappa shape index (κ1) is 15.8. The number of hydrogen-bond acceptors (Lipinski definition) is 4. The van der Waals surface area contributed by atoms with Gasteiger partial charge in [-0.25, -0.2) is 9.67 Å². The number of benzene rings is 1. The second-order valence-corrected chi connectivity index (χ2v) is 6.89. The molecular formula is C19H26N4O. The minimum Gasteiger partial charge on any atom is -0.381 e. The third-order valence-electron chi connectivity index (χ3n) is 5.08. The van der Waals surface area contributed by atoms with Crippen LogP contribution in [0.3, 0.4) is 0 Å². The molecule has 2 fully saturated rings. The van der Waals surface area contributed by atoms with E-state index in [0.717, 1.165) is 50.8 Å². The average Bonchev–Trinajstić information content (AvgIpc) is 3.36. The van der Waals surface area contributed by atoms with Gasteiger partial charge in [-0.15, -0.1) is 0 Å². The summed E-state index contributed by atoms with van der Waals surface area (Å²) in [5.74, 6) is 2.48. The summed E-state index contributed by atoms with van der Waals surface area (Å²) < 4.78 is 7.66. The molecule has 1 unspecified atom stereocenters. The van der Waals surface area contributed by atoms with Crippen LogP contribution in [-0.4, -0.2) is 46.0 Å². The van der Waals surface area contributed by atoms with Gasteiger partial charge in [0.25, 0.3) is 0 Å². The van der Waals surface area contributed by atoms with Gasteiger partial charge in [0.15, 0.2) is 5.82 Å². The molecule has 0 aliphatic carbocycles. The lowest BCUT2D eigenvalue weighted by Gasteiger charge is -2.14. The van der Waals surface area contributed by atoms with E-state index in [1.54, 1.807) is 0 Å². The summed E-state index contributed by atoms with van der Waals surface area (Å²) in [6.07, 6.45) is 4.66. The highest BCUT2D eigenvalue weighted by Crippen LogP contribution is 2.23. The molecule has 0 spiro atoms. The molecule has 2 aliphatic heterocycles. The lowest BCUT2D eigenvalue weighted by Crippen LogP contribution is -2.22. The maximum atomic E-state index is 5.52. The molecule has 2 saturated heterocycles. The predicted molar refractivity (Wildman–Crippen MR) is 92.9 cm³/mol. The van der Waals surface area contributed by atoms with Crippen molar-refractivity contribution in [3.05, 3.63) is 47.5 Å². The number of aryl methyl sites for hydroxylation is 2. The fraction of sp³-hybridized carbons (Fsp3) is 0.579. The van der Waals surface area contributed by atoms with E-state index in [4.69, 9.17) is 14.8 Å². The lowest BCUT2D eigenvalue weighted by molar-refractivity contribution is 0.193. The molecule has 2 aliphatic rings. The van der Waals surface area contributed by atoms with Crippen LogP contribution in [0.25, 0.3) is 0 Å². The van der Waals surface area contributed by atoms with Crippen LogP contribution in [0.5, 0.6) is 0 Å². The van der Waals surface area contributed by atoms with Gasteiger partial charge < -0.3 is 4.74 Å². The van der Waals surface area contributed by atoms with Crippen molar-refractivity contribution in [3.8, 4) is 0 Å². The second-order valence-electron chi connectivity index (χ2n) is 6.89. The van der Waals surface area contributed by atoms with Crippen LogP contribution >= 0.6 is 0 Å². The summed E-state index contributed by atoms with van der Waals surface area (Å²) in [4.78, 5) is 7.40. The number of rotatable bonds is 6. The van der Waals surface area contributed by atoms with Gasteiger partial charge in [0.2, 0.25) is 0 Å². The van der Waals surface area contributed by atoms with Crippen molar-refractivity contribution in [2.75, 3.05) is 26.3 Å². The van der Waals surface area contributed by atoms with Crippen LogP contribution in [0.4, 0.5) is 0 Å². The number of ether oxygens (including phenoxy) is 1. The van der Waals surface area contributed by atoms with Gasteiger partial charge in [0.1, 0.15) is 5.82 Å². The van der Waals surface area contributed by atoms with Gasteiger partial charge in [-0.05, 0) is 44.3 Å². The van der Waals surface area contributed by atoms with Crippen LogP contribution in [0.15, 0.2) is 30.3 Å². The Morgan fingerprint density at radius 3 is 2.71 bits per heavy atom. The fourth-order valence-corrected chi connectivity index (χ4v) is 3.62. The minimum absolute atomic E-state index is 0.375. The summed E-state index contributed by atoms with van der Waals surface area (Å²) in [7, 11) is 0. The number of aromatic nitrogens is 3. The highest BCUT2D eigenvalue weighted by Gasteiger charge is 2.24. The zero-order chi connectivity index (χ0) is 16.2. The molecule has 4 rings (SSSR count). The standard InChI is InChI=1S/C19H26N4O/c1-2-6-16(7-3-1)8-12-23-18(14-22-10-4-5-11-22)20-19(21-23)17-9-13-24-15-17/h1-3,6-7,17H,4-5,8-15H2. The third kappa shape index (κ3) is 3.68. The largest absolute Gasteiger partial charge is 0.381 e. The summed E-state index contributed by atoms with van der Waals surface area (Å²) in [6, 6.07) is 10.6. The molecule has 1 atom stereocenters. The smallest absolute Gasteiger partial charge is 0.156 e. The maximum absolute atomic E-state index is 5.52. The van der Waals surface area contributed by atoms with E-state index in [1.807, 2.05) is 0 Å². The number of nitrogens with zero attached hydrogens (tertiary/aromatic N) is 4. The Labute approximate surface area is 143 Å². The van der Waals surface area contributed by atoms with Crippen molar-refractivity contribution >= 4 is 0 Å². The van der Waals surface area contributed by atoms with Gasteiger partial charge in [0, 0.05) is 19.1 Å². The van der Waals surface area contributed by atoms with Gasteiger partial charge in [-0.3, -0.25) is 4.90 Å². The molecule has 0 N–H and O–H groups in total. The predicted octanol–water partition coefficient (Wildman–Crippen LogP) is 2.62. The zero-order valence-corrected chi connectivity index (χ0v) is 14.2. The van der Waals surface area contributed by atoms with Crippen molar-refractivity contribution < 1.29 is 4.74 Å². The average molecular weight is 326 g/mol. The Balaban J connectivity index is 1.50. The SMILES string of the molecule is c1ccc(CCn2nc(C3CCOC3)nc2CN2CCCC2)cc1. The topological polar surface area (TPSA) is 43.2 Å². The van der Waals surface area contributed by atoms with Crippen molar-refractivity contribution in [2.24, 2.45) is 0 Å². The maximum Gasteiger partial charge on any atom is 0.156 e. The number of hydrogen-bond donors (Lipinski definition) is 0. The molecule has 128 valence electrons. The molecule has 0 saturated carbocycles. The van der Waals surface area contributed by atoms with Gasteiger partial charge in [-0.1, -0.05) is 30.3 Å². The van der Waals surface area contributed by atoms with Gasteiger partial charge in [-0.2, -0.15) is 5.10 Å². The Bertz CT molecular complexity index is 643. The molecule has 5 heteroatoms. The van der Waals surface area contributed by atoms with E-state index in [0.29, 0.717) is 5.92 Å². The van der Waals surface area contributed by atoms with Crippen LogP contribution < -0.4 is 0 Å². The van der Waals surface area contributed by atoms with E-state index in [2.05, 4.69) is 39.9 Å². The van der Waals surface area contributed by atoms with Crippen molar-refractivity contribution in [3.63, 3.8) is 0 Å². The van der Waals surface area contributed by atoms with Crippen LogP contribution in [0.1, 0.15) is 42.4 Å². The van der Waals surface area contributed by atoms with Crippen LogP contribution in [-0.2, 0) is 24.2 Å². The Hall–Kier alpha value is -1.72. The molecule has 3 heterocycles. The molecule has 0 amide bonds. The number of likely N-dealkylation sites (tertiary alicyclic amines) is 1. The molecule has 2 aromatic rings.